The van der Waals surface area contributed by atoms with Crippen molar-refractivity contribution in [3.63, 3.8) is 0 Å². The fourth-order valence-electron chi connectivity index (χ4n) is 7.96. The van der Waals surface area contributed by atoms with E-state index in [1.54, 1.807) is 0 Å². The highest BCUT2D eigenvalue weighted by Crippen LogP contribution is 2.40. The predicted molar refractivity (Wildman–Crippen MR) is 260 cm³/mol. The van der Waals surface area contributed by atoms with Gasteiger partial charge in [-0.3, -0.25) is 0 Å². The van der Waals surface area contributed by atoms with Gasteiger partial charge in [0.25, 0.3) is 0 Å². The van der Waals surface area contributed by atoms with Crippen LogP contribution in [0.1, 0.15) is 139 Å². The minimum absolute atomic E-state index is 0.0396. The minimum Gasteiger partial charge on any atom is -0.355 e. The fourth-order valence-corrected chi connectivity index (χ4v) is 7.96. The Morgan fingerprint density at radius 1 is 0.400 bits per heavy atom. The molecule has 2 N–H and O–H groups in total. The molecule has 0 spiro atoms. The van der Waals surface area contributed by atoms with Crippen molar-refractivity contribution in [2.24, 2.45) is 0 Å². The van der Waals surface area contributed by atoms with Crippen LogP contribution in [0.3, 0.4) is 0 Å². The fraction of sp³-hybridized carbons (Fsp3) is 0.286. The summed E-state index contributed by atoms with van der Waals surface area (Å²) in [6.07, 6.45) is 13.0. The van der Waals surface area contributed by atoms with Gasteiger partial charge in [0.15, 0.2) is 0 Å². The van der Waals surface area contributed by atoms with Gasteiger partial charge in [-0.1, -0.05) is 162 Å². The van der Waals surface area contributed by atoms with Crippen molar-refractivity contribution in [1.82, 2.24) is 19.9 Å². The first-order valence-electron chi connectivity index (χ1n) is 21.4. The number of aromatic nitrogens is 4. The van der Waals surface area contributed by atoms with Crippen molar-refractivity contribution in [2.75, 3.05) is 0 Å². The summed E-state index contributed by atoms with van der Waals surface area (Å²) in [7, 11) is 0. The van der Waals surface area contributed by atoms with Crippen molar-refractivity contribution < 1.29 is 0 Å². The Hall–Kier alpha value is -6.00. The van der Waals surface area contributed by atoms with Gasteiger partial charge in [-0.15, -0.1) is 0 Å². The number of nitrogens with one attached hydrogen (secondary N) is 2. The van der Waals surface area contributed by atoms with Crippen LogP contribution in [0.2, 0.25) is 0 Å². The van der Waals surface area contributed by atoms with Gasteiger partial charge in [0.1, 0.15) is 0 Å². The molecule has 3 aromatic carbocycles. The number of hydrogen-bond acceptors (Lipinski definition) is 2. The molecule has 0 aliphatic carbocycles. The molecular formula is C56H60N4. The maximum Gasteiger partial charge on any atom is 0.0737 e. The third kappa shape index (κ3) is 8.39. The first-order valence-corrected chi connectivity index (χ1v) is 21.4. The lowest BCUT2D eigenvalue weighted by molar-refractivity contribution is 0.568. The Labute approximate surface area is 357 Å². The van der Waals surface area contributed by atoms with Gasteiger partial charge in [-0.25, -0.2) is 9.97 Å². The Morgan fingerprint density at radius 3 is 1.17 bits per heavy atom. The van der Waals surface area contributed by atoms with Gasteiger partial charge in [0.2, 0.25) is 0 Å². The molecule has 6 aromatic rings. The van der Waals surface area contributed by atoms with Crippen LogP contribution in [0.15, 0.2) is 97.1 Å². The molecule has 0 saturated carbocycles. The molecule has 4 nitrogen and oxygen atoms in total. The molecule has 0 radical (unpaired) electrons. The maximum absolute atomic E-state index is 5.50. The second kappa shape index (κ2) is 14.9. The van der Waals surface area contributed by atoms with E-state index in [0.717, 1.165) is 78.2 Å². The normalized spacial score (nSPS) is 13.5. The predicted octanol–water partition coefficient (Wildman–Crippen LogP) is 15.3. The second-order valence-electron chi connectivity index (χ2n) is 20.7. The number of hydrogen-bond donors (Lipinski definition) is 2. The number of H-pyrrole nitrogens is 2. The van der Waals surface area contributed by atoms with E-state index >= 15 is 0 Å². The molecule has 0 saturated heterocycles. The Morgan fingerprint density at radius 2 is 0.783 bits per heavy atom. The van der Waals surface area contributed by atoms with E-state index in [1.165, 1.54) is 22.3 Å². The molecule has 0 amide bonds. The van der Waals surface area contributed by atoms with E-state index in [1.807, 2.05) is 0 Å². The smallest absolute Gasteiger partial charge is 0.0737 e. The zero-order valence-electron chi connectivity index (χ0n) is 37.6. The maximum atomic E-state index is 5.50. The molecule has 4 heteroatoms. The van der Waals surface area contributed by atoms with Crippen molar-refractivity contribution in [2.45, 2.75) is 105 Å². The molecule has 2 aliphatic heterocycles. The molecule has 304 valence electrons. The zero-order chi connectivity index (χ0) is 42.8. The topological polar surface area (TPSA) is 57.4 Å². The van der Waals surface area contributed by atoms with Crippen LogP contribution < -0.4 is 0 Å². The van der Waals surface area contributed by atoms with E-state index in [2.05, 4.69) is 227 Å². The summed E-state index contributed by atoms with van der Waals surface area (Å²) in [4.78, 5) is 18.6. The van der Waals surface area contributed by atoms with Crippen LogP contribution in [-0.2, 0) is 21.7 Å². The highest BCUT2D eigenvalue weighted by Gasteiger charge is 2.25. The van der Waals surface area contributed by atoms with E-state index in [-0.39, 0.29) is 21.7 Å². The second-order valence-corrected chi connectivity index (χ2v) is 20.7. The zero-order valence-corrected chi connectivity index (χ0v) is 37.6. The highest BCUT2D eigenvalue weighted by molar-refractivity contribution is 5.95. The molecule has 0 atom stereocenters. The van der Waals surface area contributed by atoms with Crippen molar-refractivity contribution in [3.8, 4) is 22.3 Å². The minimum atomic E-state index is -0.0396. The van der Waals surface area contributed by atoms with Crippen molar-refractivity contribution in [1.29, 1.82) is 0 Å². The monoisotopic (exact) mass is 788 g/mol. The van der Waals surface area contributed by atoms with Crippen LogP contribution in [0.25, 0.3) is 80.8 Å². The Bertz CT molecular complexity index is 2650. The van der Waals surface area contributed by atoms with Crippen LogP contribution in [0.4, 0.5) is 0 Å². The van der Waals surface area contributed by atoms with Gasteiger partial charge in [0.05, 0.1) is 22.8 Å². The van der Waals surface area contributed by atoms with E-state index in [9.17, 15) is 0 Å². The molecule has 0 unspecified atom stereocenters. The number of nitrogens with zero attached hydrogens (tertiary/aromatic N) is 2. The molecule has 8 rings (SSSR count). The van der Waals surface area contributed by atoms with Crippen molar-refractivity contribution >= 4 is 58.5 Å². The highest BCUT2D eigenvalue weighted by atomic mass is 14.8. The largest absolute Gasteiger partial charge is 0.355 e. The molecule has 8 bridgehead atoms. The van der Waals surface area contributed by atoms with Gasteiger partial charge in [-0.2, -0.15) is 0 Å². The van der Waals surface area contributed by atoms with Gasteiger partial charge in [0, 0.05) is 38.8 Å². The quantitative estimate of drug-likeness (QED) is 0.187. The summed E-state index contributed by atoms with van der Waals surface area (Å²) in [6, 6.07) is 35.6. The standard InChI is InChI=1S/C56H60N4/c1-53(2,3)38-28-36(29-39(32-38)54(4,5)6)51-47-22-19-42(57-47)34-43-20-23-48(58-43)52(37-30-40(55(7,8)9)33-41(31-37)56(10,11)12)50-27-25-46(60-50)44(45-24-26-49(51)59-45)21-18-35-16-14-13-15-17-35/h13-34,57-58H,1-12H3. The molecule has 3 aromatic heterocycles. The van der Waals surface area contributed by atoms with E-state index in [0.29, 0.717) is 0 Å². The third-order valence-corrected chi connectivity index (χ3v) is 11.8. The molecule has 60 heavy (non-hydrogen) atoms. The lowest BCUT2D eigenvalue weighted by Crippen LogP contribution is -2.16. The first kappa shape index (κ1) is 40.8. The van der Waals surface area contributed by atoms with Gasteiger partial charge >= 0.3 is 0 Å². The van der Waals surface area contributed by atoms with Crippen LogP contribution >= 0.6 is 0 Å². The number of fused-ring (bicyclic) bond motifs is 8. The van der Waals surface area contributed by atoms with Crippen LogP contribution in [0, 0.1) is 0 Å². The van der Waals surface area contributed by atoms with E-state index < -0.39 is 0 Å². The Kier molecular flexibility index (Phi) is 10.1. The molecule has 5 heterocycles. The summed E-state index contributed by atoms with van der Waals surface area (Å²) in [6.45, 7) is 27.5. The summed E-state index contributed by atoms with van der Waals surface area (Å²) in [5.41, 5.74) is 19.2. The van der Waals surface area contributed by atoms with E-state index in [4.69, 9.17) is 9.97 Å². The van der Waals surface area contributed by atoms with Gasteiger partial charge in [-0.05, 0) is 115 Å². The summed E-state index contributed by atoms with van der Waals surface area (Å²) in [5.74, 6) is 0. The van der Waals surface area contributed by atoms with Crippen LogP contribution in [0.5, 0.6) is 0 Å². The average molecular weight is 789 g/mol. The number of benzene rings is 3. The molecule has 0 fully saturated rings. The number of aromatic amines is 2. The molecular weight excluding hydrogens is 729 g/mol. The SMILES string of the molecule is CC(C)(C)c1cc(-c2c3nc(c(C=Cc4ccccc4)c4nc(c(-c5cc(C(C)(C)C)cc(C(C)(C)C)c5)c5ccc(cc6ccc2[nH]6)[nH]5)C=C4)C=C3)cc(C(C)(C)C)c1. The summed E-state index contributed by atoms with van der Waals surface area (Å²) in [5, 5.41) is 0. The van der Waals surface area contributed by atoms with Gasteiger partial charge < -0.3 is 9.97 Å². The van der Waals surface area contributed by atoms with Crippen molar-refractivity contribution in [3.05, 3.63) is 153 Å². The third-order valence-electron chi connectivity index (χ3n) is 11.8. The number of rotatable bonds is 4. The lowest BCUT2D eigenvalue weighted by atomic mass is 9.78. The summed E-state index contributed by atoms with van der Waals surface area (Å²) >= 11 is 0. The average Bonchev–Trinajstić information content (AvgIpc) is 4.01. The Balaban J connectivity index is 1.50. The summed E-state index contributed by atoms with van der Waals surface area (Å²) < 4.78 is 0. The molecule has 2 aliphatic rings. The first-order chi connectivity index (χ1) is 28.2. The van der Waals surface area contributed by atoms with Crippen LogP contribution in [-0.4, -0.2) is 19.9 Å². The lowest BCUT2D eigenvalue weighted by Gasteiger charge is -2.26.